The Morgan fingerprint density at radius 1 is 0.967 bits per heavy atom. The van der Waals surface area contributed by atoms with Gasteiger partial charge in [0.2, 0.25) is 5.91 Å². The molecule has 3 heterocycles. The molecule has 30 heavy (non-hydrogen) atoms. The standard InChI is InChI=1S/C25H28N4O/c30-24(17-20-7-2-1-3-8-20)28-25(23-10-4-5-14-27-23)22-11-15-29(16-12-22)19-21-9-6-13-26-18-21/h1-10,13-14,18,22,25H,11-12,15-17,19H2,(H,28,30). The van der Waals surface area contributed by atoms with E-state index in [1.165, 1.54) is 5.56 Å². The van der Waals surface area contributed by atoms with Gasteiger partial charge in [-0.25, -0.2) is 0 Å². The summed E-state index contributed by atoms with van der Waals surface area (Å²) in [5.74, 6) is 0.430. The van der Waals surface area contributed by atoms with Crippen LogP contribution >= 0.6 is 0 Å². The quantitative estimate of drug-likeness (QED) is 0.656. The minimum atomic E-state index is -0.0528. The van der Waals surface area contributed by atoms with Crippen molar-refractivity contribution >= 4 is 5.91 Å². The zero-order valence-electron chi connectivity index (χ0n) is 17.2. The van der Waals surface area contributed by atoms with Crippen LogP contribution in [0.4, 0.5) is 0 Å². The van der Waals surface area contributed by atoms with Gasteiger partial charge in [-0.2, -0.15) is 0 Å². The van der Waals surface area contributed by atoms with E-state index in [2.05, 4.69) is 26.3 Å². The molecule has 4 rings (SSSR count). The molecule has 1 aromatic carbocycles. The molecule has 1 aliphatic rings. The Bertz CT molecular complexity index is 910. The number of hydrogen-bond acceptors (Lipinski definition) is 4. The first-order valence-electron chi connectivity index (χ1n) is 10.6. The molecular weight excluding hydrogens is 372 g/mol. The summed E-state index contributed by atoms with van der Waals surface area (Å²) in [6.45, 7) is 2.95. The van der Waals surface area contributed by atoms with Gasteiger partial charge in [0.05, 0.1) is 18.2 Å². The predicted molar refractivity (Wildman–Crippen MR) is 118 cm³/mol. The monoisotopic (exact) mass is 400 g/mol. The van der Waals surface area contributed by atoms with E-state index in [1.807, 2.05) is 73.2 Å². The Labute approximate surface area is 178 Å². The van der Waals surface area contributed by atoms with Crippen LogP contribution in [0.1, 0.15) is 35.7 Å². The SMILES string of the molecule is O=C(Cc1ccccc1)NC(c1ccccn1)C1CCN(Cc2cccnc2)CC1. The Morgan fingerprint density at radius 2 is 1.73 bits per heavy atom. The van der Waals surface area contributed by atoms with Crippen LogP contribution in [-0.2, 0) is 17.8 Å². The summed E-state index contributed by atoms with van der Waals surface area (Å²) >= 11 is 0. The van der Waals surface area contributed by atoms with Crippen LogP contribution in [0.25, 0.3) is 0 Å². The lowest BCUT2D eigenvalue weighted by molar-refractivity contribution is -0.121. The highest BCUT2D eigenvalue weighted by Gasteiger charge is 2.29. The second kappa shape index (κ2) is 10.1. The van der Waals surface area contributed by atoms with E-state index in [0.717, 1.165) is 43.7 Å². The molecule has 0 aliphatic carbocycles. The van der Waals surface area contributed by atoms with Gasteiger partial charge in [-0.3, -0.25) is 19.7 Å². The summed E-state index contributed by atoms with van der Waals surface area (Å²) in [6.07, 6.45) is 8.02. The lowest BCUT2D eigenvalue weighted by Crippen LogP contribution is -2.41. The van der Waals surface area contributed by atoms with E-state index in [-0.39, 0.29) is 11.9 Å². The second-order valence-corrected chi connectivity index (χ2v) is 7.94. The fourth-order valence-corrected chi connectivity index (χ4v) is 4.19. The molecule has 1 amide bonds. The maximum atomic E-state index is 12.8. The van der Waals surface area contributed by atoms with Gasteiger partial charge in [0, 0.05) is 25.1 Å². The molecular formula is C25H28N4O. The van der Waals surface area contributed by atoms with E-state index in [1.54, 1.807) is 0 Å². The predicted octanol–water partition coefficient (Wildman–Crippen LogP) is 3.79. The second-order valence-electron chi connectivity index (χ2n) is 7.94. The topological polar surface area (TPSA) is 58.1 Å². The molecule has 5 heteroatoms. The van der Waals surface area contributed by atoms with Crippen molar-refractivity contribution in [2.24, 2.45) is 5.92 Å². The van der Waals surface area contributed by atoms with Crippen LogP contribution in [0.2, 0.25) is 0 Å². The van der Waals surface area contributed by atoms with E-state index < -0.39 is 0 Å². The van der Waals surface area contributed by atoms with Crippen molar-refractivity contribution in [3.05, 3.63) is 96.1 Å². The number of nitrogens with one attached hydrogen (secondary N) is 1. The van der Waals surface area contributed by atoms with Gasteiger partial charge in [0.1, 0.15) is 0 Å². The Kier molecular flexibility index (Phi) is 6.83. The molecule has 1 aliphatic heterocycles. The van der Waals surface area contributed by atoms with E-state index in [4.69, 9.17) is 0 Å². The van der Waals surface area contributed by atoms with Gasteiger partial charge in [0.25, 0.3) is 0 Å². The van der Waals surface area contributed by atoms with Gasteiger partial charge in [0.15, 0.2) is 0 Å². The fourth-order valence-electron chi connectivity index (χ4n) is 4.19. The number of aromatic nitrogens is 2. The third-order valence-electron chi connectivity index (χ3n) is 5.76. The van der Waals surface area contributed by atoms with Crippen LogP contribution in [-0.4, -0.2) is 33.9 Å². The summed E-state index contributed by atoms with van der Waals surface area (Å²) in [6, 6.07) is 19.9. The first kappa shape index (κ1) is 20.2. The van der Waals surface area contributed by atoms with E-state index in [0.29, 0.717) is 12.3 Å². The largest absolute Gasteiger partial charge is 0.347 e. The molecule has 1 saturated heterocycles. The number of carbonyl (C=O) groups excluding carboxylic acids is 1. The smallest absolute Gasteiger partial charge is 0.224 e. The molecule has 0 radical (unpaired) electrons. The molecule has 154 valence electrons. The van der Waals surface area contributed by atoms with Gasteiger partial charge in [-0.05, 0) is 61.2 Å². The number of hydrogen-bond donors (Lipinski definition) is 1. The van der Waals surface area contributed by atoms with Crippen molar-refractivity contribution in [1.82, 2.24) is 20.2 Å². The fraction of sp³-hybridized carbons (Fsp3) is 0.320. The number of benzene rings is 1. The first-order valence-corrected chi connectivity index (χ1v) is 10.6. The maximum absolute atomic E-state index is 12.8. The average molecular weight is 401 g/mol. The third-order valence-corrected chi connectivity index (χ3v) is 5.76. The van der Waals surface area contributed by atoms with E-state index in [9.17, 15) is 4.79 Å². The number of amides is 1. The number of piperidine rings is 1. The van der Waals surface area contributed by atoms with Crippen molar-refractivity contribution in [3.8, 4) is 0 Å². The number of rotatable bonds is 7. The molecule has 3 aromatic rings. The molecule has 1 unspecified atom stereocenters. The lowest BCUT2D eigenvalue weighted by Gasteiger charge is -2.36. The summed E-state index contributed by atoms with van der Waals surface area (Å²) < 4.78 is 0. The molecule has 1 atom stereocenters. The molecule has 1 N–H and O–H groups in total. The molecule has 0 saturated carbocycles. The maximum Gasteiger partial charge on any atom is 0.224 e. The van der Waals surface area contributed by atoms with E-state index >= 15 is 0 Å². The zero-order chi connectivity index (χ0) is 20.6. The summed E-state index contributed by atoms with van der Waals surface area (Å²) in [5, 5.41) is 3.29. The van der Waals surface area contributed by atoms with Crippen LogP contribution in [0.3, 0.4) is 0 Å². The highest BCUT2D eigenvalue weighted by Crippen LogP contribution is 2.30. The number of likely N-dealkylation sites (tertiary alicyclic amines) is 1. The molecule has 2 aromatic heterocycles. The van der Waals surface area contributed by atoms with Gasteiger partial charge < -0.3 is 5.32 Å². The van der Waals surface area contributed by atoms with Gasteiger partial charge in [-0.15, -0.1) is 0 Å². The third kappa shape index (κ3) is 5.51. The molecule has 1 fully saturated rings. The zero-order valence-corrected chi connectivity index (χ0v) is 17.2. The average Bonchev–Trinajstić information content (AvgIpc) is 2.80. The molecule has 5 nitrogen and oxygen atoms in total. The van der Waals surface area contributed by atoms with Gasteiger partial charge >= 0.3 is 0 Å². The summed E-state index contributed by atoms with van der Waals surface area (Å²) in [7, 11) is 0. The highest BCUT2D eigenvalue weighted by molar-refractivity contribution is 5.79. The van der Waals surface area contributed by atoms with Crippen molar-refractivity contribution in [1.29, 1.82) is 0 Å². The van der Waals surface area contributed by atoms with Crippen molar-refractivity contribution in [2.45, 2.75) is 31.8 Å². The minimum Gasteiger partial charge on any atom is -0.347 e. The first-order chi connectivity index (χ1) is 14.8. The van der Waals surface area contributed by atoms with Crippen LogP contribution < -0.4 is 5.32 Å². The lowest BCUT2D eigenvalue weighted by atomic mass is 9.87. The van der Waals surface area contributed by atoms with Gasteiger partial charge in [-0.1, -0.05) is 42.5 Å². The summed E-state index contributed by atoms with van der Waals surface area (Å²) in [5.41, 5.74) is 3.22. The van der Waals surface area contributed by atoms with Crippen LogP contribution in [0.15, 0.2) is 79.3 Å². The van der Waals surface area contributed by atoms with Crippen molar-refractivity contribution < 1.29 is 4.79 Å². The van der Waals surface area contributed by atoms with Crippen LogP contribution in [0, 0.1) is 5.92 Å². The summed E-state index contributed by atoms with van der Waals surface area (Å²) in [4.78, 5) is 24.0. The molecule has 0 bridgehead atoms. The normalized spacial score (nSPS) is 16.1. The van der Waals surface area contributed by atoms with Crippen molar-refractivity contribution in [3.63, 3.8) is 0 Å². The number of nitrogens with zero attached hydrogens (tertiary/aromatic N) is 3. The minimum absolute atomic E-state index is 0.0506. The Hall–Kier alpha value is -3.05. The van der Waals surface area contributed by atoms with Crippen LogP contribution in [0.5, 0.6) is 0 Å². The Balaban J connectivity index is 1.40. The molecule has 0 spiro atoms. The highest BCUT2D eigenvalue weighted by atomic mass is 16.1. The Morgan fingerprint density at radius 3 is 2.43 bits per heavy atom. The number of carbonyl (C=O) groups is 1. The number of pyridine rings is 2. The van der Waals surface area contributed by atoms with Crippen molar-refractivity contribution in [2.75, 3.05) is 13.1 Å².